The lowest BCUT2D eigenvalue weighted by Gasteiger charge is -2.20. The van der Waals surface area contributed by atoms with Crippen LogP contribution in [0.5, 0.6) is 11.5 Å². The summed E-state index contributed by atoms with van der Waals surface area (Å²) in [5.74, 6) is -0.356. The lowest BCUT2D eigenvalue weighted by molar-refractivity contribution is -0.132. The van der Waals surface area contributed by atoms with E-state index < -0.39 is 17.7 Å². The fraction of sp³-hybridized carbons (Fsp3) is 0.222. The van der Waals surface area contributed by atoms with Gasteiger partial charge in [-0.05, 0) is 48.9 Å². The molecule has 5 rings (SSSR count). The average molecular weight is 505 g/mol. The van der Waals surface area contributed by atoms with E-state index in [9.17, 15) is 14.7 Å². The minimum atomic E-state index is -0.980. The van der Waals surface area contributed by atoms with Gasteiger partial charge in [-0.15, -0.1) is 0 Å². The Kier molecular flexibility index (Phi) is 6.47. The molecule has 2 aromatic carbocycles. The average Bonchev–Trinajstić information content (AvgIpc) is 3.62. The molecule has 0 saturated carbocycles. The van der Waals surface area contributed by atoms with Gasteiger partial charge < -0.3 is 19.0 Å². The van der Waals surface area contributed by atoms with Crippen LogP contribution in [0.2, 0.25) is 0 Å². The minimum absolute atomic E-state index is 0.0718. The third kappa shape index (κ3) is 4.22. The highest BCUT2D eigenvalue weighted by Gasteiger charge is 2.49. The summed E-state index contributed by atoms with van der Waals surface area (Å²) < 4.78 is 17.5. The van der Waals surface area contributed by atoms with Gasteiger partial charge in [-0.3, -0.25) is 14.5 Å². The van der Waals surface area contributed by atoms with E-state index >= 15 is 0 Å². The molecule has 2 aromatic heterocycles. The lowest BCUT2D eigenvalue weighted by atomic mass is 9.99. The molecule has 8 nitrogen and oxygen atoms in total. The summed E-state index contributed by atoms with van der Waals surface area (Å²) in [5.41, 5.74) is 0.956. The van der Waals surface area contributed by atoms with Crippen LogP contribution in [0.4, 0.5) is 5.13 Å². The number of aliphatic hydroxyl groups is 1. The molecule has 1 amide bonds. The summed E-state index contributed by atoms with van der Waals surface area (Å²) in [6.07, 6.45) is 3.35. The predicted octanol–water partition coefficient (Wildman–Crippen LogP) is 5.70. The summed E-state index contributed by atoms with van der Waals surface area (Å²) in [7, 11) is 1.57. The fourth-order valence-corrected chi connectivity index (χ4v) is 5.11. The molecule has 1 unspecified atom stereocenters. The van der Waals surface area contributed by atoms with Crippen LogP contribution >= 0.6 is 11.3 Å². The number of hydrogen-bond donors (Lipinski definition) is 1. The van der Waals surface area contributed by atoms with Gasteiger partial charge in [-0.2, -0.15) is 0 Å². The quantitative estimate of drug-likeness (QED) is 0.142. The van der Waals surface area contributed by atoms with Crippen molar-refractivity contribution in [2.24, 2.45) is 0 Å². The molecule has 1 atom stereocenters. The molecule has 9 heteroatoms. The van der Waals surface area contributed by atoms with E-state index in [4.69, 9.17) is 13.9 Å². The fourth-order valence-electron chi connectivity index (χ4n) is 4.09. The van der Waals surface area contributed by atoms with Crippen molar-refractivity contribution in [2.45, 2.75) is 25.8 Å². The Bertz CT molecular complexity index is 1460. The van der Waals surface area contributed by atoms with E-state index in [1.807, 2.05) is 6.07 Å². The summed E-state index contributed by atoms with van der Waals surface area (Å²) in [6, 6.07) is 14.6. The second-order valence-electron chi connectivity index (χ2n) is 8.24. The standard InChI is InChI=1S/C27H24N2O6S/c1-3-4-12-34-18-8-5-7-16(14-18)24(30)22-23(20-9-6-13-35-20)29(26(32)25(22)31)27-28-19-11-10-17(33-2)15-21(19)36-27/h5-11,13-15,23,30H,3-4,12H2,1-2H3. The van der Waals surface area contributed by atoms with Crippen molar-refractivity contribution in [2.75, 3.05) is 18.6 Å². The first-order chi connectivity index (χ1) is 17.5. The van der Waals surface area contributed by atoms with Crippen LogP contribution in [0.3, 0.4) is 0 Å². The van der Waals surface area contributed by atoms with Crippen molar-refractivity contribution in [1.29, 1.82) is 0 Å². The van der Waals surface area contributed by atoms with E-state index in [0.717, 1.165) is 17.5 Å². The number of ketones is 1. The van der Waals surface area contributed by atoms with Crippen LogP contribution in [-0.2, 0) is 9.59 Å². The Morgan fingerprint density at radius 3 is 2.75 bits per heavy atom. The van der Waals surface area contributed by atoms with Gasteiger partial charge >= 0.3 is 5.91 Å². The third-order valence-electron chi connectivity index (χ3n) is 5.92. The Morgan fingerprint density at radius 1 is 1.14 bits per heavy atom. The highest BCUT2D eigenvalue weighted by atomic mass is 32.1. The number of amides is 1. The van der Waals surface area contributed by atoms with E-state index in [-0.39, 0.29) is 11.3 Å². The molecule has 0 radical (unpaired) electrons. The number of nitrogens with zero attached hydrogens (tertiary/aromatic N) is 2. The number of anilines is 1. The number of aromatic nitrogens is 1. The topological polar surface area (TPSA) is 102 Å². The number of thiazole rings is 1. The van der Waals surface area contributed by atoms with Crippen molar-refractivity contribution in [3.8, 4) is 11.5 Å². The predicted molar refractivity (Wildman–Crippen MR) is 137 cm³/mol. The number of fused-ring (bicyclic) bond motifs is 1. The maximum Gasteiger partial charge on any atom is 0.302 e. The molecule has 0 spiro atoms. The van der Waals surface area contributed by atoms with E-state index in [2.05, 4.69) is 11.9 Å². The van der Waals surface area contributed by atoms with Crippen molar-refractivity contribution >= 4 is 44.1 Å². The van der Waals surface area contributed by atoms with Crippen LogP contribution in [-0.4, -0.2) is 35.5 Å². The van der Waals surface area contributed by atoms with Gasteiger partial charge in [0, 0.05) is 5.56 Å². The number of rotatable bonds is 8. The van der Waals surface area contributed by atoms with Crippen LogP contribution in [0, 0.1) is 0 Å². The third-order valence-corrected chi connectivity index (χ3v) is 6.94. The van der Waals surface area contributed by atoms with E-state index in [1.165, 1.54) is 22.5 Å². The van der Waals surface area contributed by atoms with E-state index in [1.54, 1.807) is 55.6 Å². The van der Waals surface area contributed by atoms with Gasteiger partial charge in [0.25, 0.3) is 5.78 Å². The van der Waals surface area contributed by atoms with Gasteiger partial charge in [0.1, 0.15) is 29.1 Å². The Labute approximate surface area is 211 Å². The second-order valence-corrected chi connectivity index (χ2v) is 9.25. The molecular weight excluding hydrogens is 480 g/mol. The molecular formula is C27H24N2O6S. The second kappa shape index (κ2) is 9.87. The summed E-state index contributed by atoms with van der Waals surface area (Å²) >= 11 is 1.25. The van der Waals surface area contributed by atoms with Gasteiger partial charge in [-0.1, -0.05) is 36.8 Å². The number of carbonyl (C=O) groups is 2. The molecule has 4 aromatic rings. The maximum absolute atomic E-state index is 13.3. The number of aliphatic hydroxyl groups excluding tert-OH is 1. The van der Waals surface area contributed by atoms with Crippen LogP contribution in [0.1, 0.15) is 37.1 Å². The van der Waals surface area contributed by atoms with Crippen LogP contribution in [0.25, 0.3) is 16.0 Å². The highest BCUT2D eigenvalue weighted by molar-refractivity contribution is 7.22. The number of hydrogen-bond acceptors (Lipinski definition) is 8. The first-order valence-corrected chi connectivity index (χ1v) is 12.4. The van der Waals surface area contributed by atoms with Gasteiger partial charge in [0.2, 0.25) is 0 Å². The molecule has 1 aliphatic heterocycles. The van der Waals surface area contributed by atoms with Crippen LogP contribution < -0.4 is 14.4 Å². The number of benzene rings is 2. The maximum atomic E-state index is 13.3. The van der Waals surface area contributed by atoms with Crippen molar-refractivity contribution in [1.82, 2.24) is 4.98 Å². The van der Waals surface area contributed by atoms with Gasteiger partial charge in [-0.25, -0.2) is 4.98 Å². The summed E-state index contributed by atoms with van der Waals surface area (Å²) in [5, 5.41) is 11.6. The largest absolute Gasteiger partial charge is 0.507 e. The van der Waals surface area contributed by atoms with Crippen molar-refractivity contribution < 1.29 is 28.6 Å². The zero-order valence-electron chi connectivity index (χ0n) is 19.8. The smallest absolute Gasteiger partial charge is 0.302 e. The Balaban J connectivity index is 1.61. The molecule has 0 aliphatic carbocycles. The molecule has 1 aliphatic rings. The lowest BCUT2D eigenvalue weighted by Crippen LogP contribution is -2.29. The number of furan rings is 1. The number of ether oxygens (including phenoxy) is 2. The van der Waals surface area contributed by atoms with Gasteiger partial charge in [0.05, 0.1) is 35.8 Å². The number of unbranched alkanes of at least 4 members (excludes halogenated alkanes) is 1. The summed E-state index contributed by atoms with van der Waals surface area (Å²) in [4.78, 5) is 32.5. The zero-order valence-corrected chi connectivity index (χ0v) is 20.6. The first-order valence-electron chi connectivity index (χ1n) is 11.5. The first kappa shape index (κ1) is 23.6. The zero-order chi connectivity index (χ0) is 25.2. The molecule has 3 heterocycles. The number of methoxy groups -OCH3 is 1. The SMILES string of the molecule is CCCCOc1cccc(C(O)=C2C(=O)C(=O)N(c3nc4ccc(OC)cc4s3)C2c2ccco2)c1. The van der Waals surface area contributed by atoms with Crippen molar-refractivity contribution in [3.05, 3.63) is 77.8 Å². The van der Waals surface area contributed by atoms with Gasteiger partial charge in [0.15, 0.2) is 5.13 Å². The highest BCUT2D eigenvalue weighted by Crippen LogP contribution is 2.44. The molecule has 184 valence electrons. The Morgan fingerprint density at radius 2 is 2.00 bits per heavy atom. The summed E-state index contributed by atoms with van der Waals surface area (Å²) in [6.45, 7) is 2.61. The van der Waals surface area contributed by atoms with Crippen molar-refractivity contribution in [3.63, 3.8) is 0 Å². The normalized spacial score (nSPS) is 17.2. The molecule has 1 N–H and O–H groups in total. The van der Waals surface area contributed by atoms with Crippen LogP contribution in [0.15, 0.2) is 70.9 Å². The Hall–Kier alpha value is -4.11. The number of Topliss-reactive ketones (excluding diaryl/α,β-unsaturated/α-hetero) is 1. The molecule has 1 fully saturated rings. The number of carbonyl (C=O) groups excluding carboxylic acids is 2. The molecule has 0 bridgehead atoms. The molecule has 1 saturated heterocycles. The molecule has 36 heavy (non-hydrogen) atoms. The monoisotopic (exact) mass is 504 g/mol. The van der Waals surface area contributed by atoms with E-state index in [0.29, 0.717) is 40.1 Å². The minimum Gasteiger partial charge on any atom is -0.507 e.